The maximum Gasteiger partial charge on any atom is 0.337 e. The quantitative estimate of drug-likeness (QED) is 0.814. The molecule has 0 fully saturated rings. The number of aromatic nitrogens is 1. The van der Waals surface area contributed by atoms with E-state index in [0.717, 1.165) is 10.9 Å². The van der Waals surface area contributed by atoms with Crippen LogP contribution in [0.4, 0.5) is 0 Å². The second-order valence-corrected chi connectivity index (χ2v) is 6.47. The molecule has 0 spiro atoms. The van der Waals surface area contributed by atoms with Crippen LogP contribution in [0.2, 0.25) is 0 Å². The van der Waals surface area contributed by atoms with Crippen LogP contribution in [0, 0.1) is 5.41 Å². The first-order valence-electron chi connectivity index (χ1n) is 7.47. The number of hydrogen-bond donors (Lipinski definition) is 1. The minimum absolute atomic E-state index is 0.0263. The predicted octanol–water partition coefficient (Wildman–Crippen LogP) is 3.76. The molecule has 1 atom stereocenters. The van der Waals surface area contributed by atoms with E-state index in [9.17, 15) is 14.7 Å². The molecular weight excluding hydrogens is 294 g/mol. The lowest BCUT2D eigenvalue weighted by Gasteiger charge is -2.37. The summed E-state index contributed by atoms with van der Waals surface area (Å²) in [5, 5.41) is 11.2. The number of aliphatic hydroxyl groups excluding tert-OH is 1. The van der Waals surface area contributed by atoms with Crippen molar-refractivity contribution >= 4 is 22.8 Å². The molecule has 0 aliphatic carbocycles. The van der Waals surface area contributed by atoms with Gasteiger partial charge in [0.25, 0.3) is 0 Å². The molecule has 0 radical (unpaired) electrons. The molecule has 120 valence electrons. The number of nitrogens with zero attached hydrogens (tertiary/aromatic N) is 1. The Hall–Kier alpha value is -2.56. The highest BCUT2D eigenvalue weighted by Crippen LogP contribution is 2.48. The third-order valence-electron chi connectivity index (χ3n) is 4.52. The molecule has 0 bridgehead atoms. The Bertz CT molecular complexity index is 857. The Labute approximate surface area is 134 Å². The van der Waals surface area contributed by atoms with Gasteiger partial charge in [-0.15, -0.1) is 0 Å². The van der Waals surface area contributed by atoms with Gasteiger partial charge in [-0.3, -0.25) is 9.36 Å². The summed E-state index contributed by atoms with van der Waals surface area (Å²) >= 11 is 0. The summed E-state index contributed by atoms with van der Waals surface area (Å²) in [6, 6.07) is 7.45. The zero-order valence-corrected chi connectivity index (χ0v) is 13.6. The highest BCUT2D eigenvalue weighted by Gasteiger charge is 2.45. The van der Waals surface area contributed by atoms with Crippen molar-refractivity contribution in [2.24, 2.45) is 5.41 Å². The monoisotopic (exact) mass is 313 g/mol. The largest absolute Gasteiger partial charge is 0.511 e. The summed E-state index contributed by atoms with van der Waals surface area (Å²) in [5.41, 5.74) is 0.923. The lowest BCUT2D eigenvalue weighted by Crippen LogP contribution is -2.35. The molecule has 1 aromatic heterocycles. The van der Waals surface area contributed by atoms with Crippen LogP contribution in [0.3, 0.4) is 0 Å². The molecule has 2 aromatic rings. The van der Waals surface area contributed by atoms with E-state index in [1.54, 1.807) is 13.1 Å². The summed E-state index contributed by atoms with van der Waals surface area (Å²) < 4.78 is 7.13. The Balaban J connectivity index is 2.25. The number of cyclic esters (lactones) is 1. The second-order valence-electron chi connectivity index (χ2n) is 6.47. The van der Waals surface area contributed by atoms with E-state index in [-0.39, 0.29) is 17.2 Å². The summed E-state index contributed by atoms with van der Waals surface area (Å²) in [7, 11) is 0. The molecule has 5 nitrogen and oxygen atoms in total. The fraction of sp³-hybridized carbons (Fsp3) is 0.333. The second kappa shape index (κ2) is 4.98. The van der Waals surface area contributed by atoms with Crippen LogP contribution in [0.15, 0.2) is 41.8 Å². The maximum absolute atomic E-state index is 12.0. The van der Waals surface area contributed by atoms with Crippen LogP contribution in [0.5, 0.6) is 0 Å². The molecule has 0 saturated heterocycles. The Morgan fingerprint density at radius 2 is 1.96 bits per heavy atom. The molecule has 0 saturated carbocycles. The van der Waals surface area contributed by atoms with Crippen LogP contribution >= 0.6 is 0 Å². The van der Waals surface area contributed by atoms with Crippen LogP contribution in [0.1, 0.15) is 44.2 Å². The molecule has 1 aliphatic rings. The summed E-state index contributed by atoms with van der Waals surface area (Å²) in [6.45, 7) is 6.68. The van der Waals surface area contributed by atoms with Gasteiger partial charge in [0.2, 0.25) is 5.91 Å². The van der Waals surface area contributed by atoms with Gasteiger partial charge < -0.3 is 9.84 Å². The van der Waals surface area contributed by atoms with E-state index in [1.165, 1.54) is 11.5 Å². The van der Waals surface area contributed by atoms with Gasteiger partial charge in [0, 0.05) is 24.1 Å². The summed E-state index contributed by atoms with van der Waals surface area (Å²) in [5.74, 6) is -0.631. The van der Waals surface area contributed by atoms with Gasteiger partial charge in [-0.05, 0) is 26.8 Å². The first-order valence-corrected chi connectivity index (χ1v) is 7.47. The van der Waals surface area contributed by atoms with Crippen LogP contribution in [0.25, 0.3) is 10.9 Å². The lowest BCUT2D eigenvalue weighted by atomic mass is 9.77. The van der Waals surface area contributed by atoms with E-state index >= 15 is 0 Å². The number of hydrogen-bond acceptors (Lipinski definition) is 4. The van der Waals surface area contributed by atoms with Gasteiger partial charge in [-0.2, -0.15) is 0 Å². The summed E-state index contributed by atoms with van der Waals surface area (Å²) in [4.78, 5) is 23.9. The highest BCUT2D eigenvalue weighted by molar-refractivity contribution is 5.95. The van der Waals surface area contributed by atoms with Gasteiger partial charge in [0.1, 0.15) is 11.9 Å². The number of para-hydroxylation sites is 1. The minimum atomic E-state index is -0.774. The molecule has 0 amide bonds. The van der Waals surface area contributed by atoms with Gasteiger partial charge in [0.15, 0.2) is 0 Å². The molecular formula is C18H19NO4. The van der Waals surface area contributed by atoms with Crippen molar-refractivity contribution in [1.82, 2.24) is 4.57 Å². The van der Waals surface area contributed by atoms with Crippen molar-refractivity contribution in [3.05, 3.63) is 47.4 Å². The minimum Gasteiger partial charge on any atom is -0.511 e. The molecule has 0 unspecified atom stereocenters. The van der Waals surface area contributed by atoms with E-state index in [2.05, 4.69) is 0 Å². The Morgan fingerprint density at radius 3 is 2.61 bits per heavy atom. The third kappa shape index (κ3) is 2.15. The average molecular weight is 313 g/mol. The van der Waals surface area contributed by atoms with Crippen molar-refractivity contribution in [2.75, 3.05) is 0 Å². The van der Waals surface area contributed by atoms with Gasteiger partial charge >= 0.3 is 5.97 Å². The smallest absolute Gasteiger partial charge is 0.337 e. The Kier molecular flexibility index (Phi) is 3.32. The first-order chi connectivity index (χ1) is 10.7. The van der Waals surface area contributed by atoms with Crippen LogP contribution < -0.4 is 0 Å². The Morgan fingerprint density at radius 1 is 1.30 bits per heavy atom. The van der Waals surface area contributed by atoms with Gasteiger partial charge in [-0.1, -0.05) is 18.2 Å². The fourth-order valence-electron chi connectivity index (χ4n) is 3.17. The number of carbonyl (C=O) groups is 2. The molecule has 2 heterocycles. The molecule has 5 heteroatoms. The first kappa shape index (κ1) is 15.3. The van der Waals surface area contributed by atoms with E-state index in [4.69, 9.17) is 4.74 Å². The number of aliphatic hydroxyl groups is 1. The number of rotatable bonds is 1. The zero-order valence-electron chi connectivity index (χ0n) is 13.6. The topological polar surface area (TPSA) is 68.5 Å². The predicted molar refractivity (Wildman–Crippen MR) is 86.2 cm³/mol. The van der Waals surface area contributed by atoms with E-state index in [1.807, 2.05) is 38.1 Å². The molecule has 3 rings (SSSR count). The van der Waals surface area contributed by atoms with Gasteiger partial charge in [0.05, 0.1) is 16.5 Å². The molecule has 1 aromatic carbocycles. The standard InChI is InChI=1S/C18H19NO4/c1-10-15(21)18(3,4)16(23-17(10)22)13-9-19(11(2)20)14-8-6-5-7-12(13)14/h5-9,16,21H,1-4H3/t16-/m0/s1. The molecule has 23 heavy (non-hydrogen) atoms. The summed E-state index contributed by atoms with van der Waals surface area (Å²) in [6.07, 6.45) is 1.03. The zero-order chi connectivity index (χ0) is 16.9. The highest BCUT2D eigenvalue weighted by atomic mass is 16.5. The van der Waals surface area contributed by atoms with Crippen molar-refractivity contribution in [3.63, 3.8) is 0 Å². The average Bonchev–Trinajstić information content (AvgIpc) is 2.89. The van der Waals surface area contributed by atoms with Crippen molar-refractivity contribution < 1.29 is 19.4 Å². The lowest BCUT2D eigenvalue weighted by molar-refractivity contribution is -0.155. The van der Waals surface area contributed by atoms with E-state index in [0.29, 0.717) is 5.56 Å². The van der Waals surface area contributed by atoms with Crippen molar-refractivity contribution in [2.45, 2.75) is 33.8 Å². The number of ether oxygens (including phenoxy) is 1. The third-order valence-corrected chi connectivity index (χ3v) is 4.52. The van der Waals surface area contributed by atoms with Crippen LogP contribution in [-0.4, -0.2) is 21.6 Å². The SMILES string of the molecule is CC(=O)n1cc([C@@H]2OC(=O)C(C)=C(O)C2(C)C)c2ccccc21. The number of esters is 1. The number of benzene rings is 1. The van der Waals surface area contributed by atoms with Crippen LogP contribution in [-0.2, 0) is 9.53 Å². The van der Waals surface area contributed by atoms with Gasteiger partial charge in [-0.25, -0.2) is 4.79 Å². The van der Waals surface area contributed by atoms with Crippen molar-refractivity contribution in [1.29, 1.82) is 0 Å². The van der Waals surface area contributed by atoms with Crippen molar-refractivity contribution in [3.8, 4) is 0 Å². The number of carbonyl (C=O) groups excluding carboxylic acids is 2. The molecule has 1 aliphatic heterocycles. The fourth-order valence-corrected chi connectivity index (χ4v) is 3.17. The number of fused-ring (bicyclic) bond motifs is 1. The molecule has 1 N–H and O–H groups in total. The maximum atomic E-state index is 12.0. The normalized spacial score (nSPS) is 20.7. The van der Waals surface area contributed by atoms with E-state index < -0.39 is 17.5 Å².